The molecule has 0 aliphatic carbocycles. The SMILES string of the molecule is CC(C)Cc1cccc(C(=O)NCCC(=O)C(C)C)c1. The Morgan fingerprint density at radius 3 is 2.45 bits per heavy atom. The molecule has 0 heterocycles. The van der Waals surface area contributed by atoms with Crippen molar-refractivity contribution in [3.63, 3.8) is 0 Å². The Labute approximate surface area is 121 Å². The molecule has 110 valence electrons. The molecule has 1 aromatic rings. The molecule has 0 aliphatic heterocycles. The van der Waals surface area contributed by atoms with Crippen LogP contribution in [0.15, 0.2) is 24.3 Å². The molecule has 0 spiro atoms. The largest absolute Gasteiger partial charge is 0.352 e. The molecule has 0 fully saturated rings. The van der Waals surface area contributed by atoms with Crippen LogP contribution in [0.2, 0.25) is 0 Å². The van der Waals surface area contributed by atoms with Crippen molar-refractivity contribution >= 4 is 11.7 Å². The topological polar surface area (TPSA) is 46.2 Å². The Morgan fingerprint density at radius 1 is 1.15 bits per heavy atom. The van der Waals surface area contributed by atoms with Crippen molar-refractivity contribution in [3.05, 3.63) is 35.4 Å². The van der Waals surface area contributed by atoms with E-state index in [2.05, 4.69) is 19.2 Å². The second-order valence-corrected chi connectivity index (χ2v) is 5.93. The molecule has 1 amide bonds. The van der Waals surface area contributed by atoms with E-state index in [0.29, 0.717) is 24.4 Å². The average Bonchev–Trinajstić information content (AvgIpc) is 2.37. The quantitative estimate of drug-likeness (QED) is 0.830. The highest BCUT2D eigenvalue weighted by Gasteiger charge is 2.09. The van der Waals surface area contributed by atoms with E-state index in [-0.39, 0.29) is 17.6 Å². The van der Waals surface area contributed by atoms with Gasteiger partial charge in [0.25, 0.3) is 5.91 Å². The van der Waals surface area contributed by atoms with Gasteiger partial charge in [-0.1, -0.05) is 39.8 Å². The van der Waals surface area contributed by atoms with Crippen LogP contribution in [0.25, 0.3) is 0 Å². The van der Waals surface area contributed by atoms with Gasteiger partial charge in [0.15, 0.2) is 0 Å². The number of carbonyl (C=O) groups excluding carboxylic acids is 2. The predicted molar refractivity (Wildman–Crippen MR) is 81.8 cm³/mol. The fraction of sp³-hybridized carbons (Fsp3) is 0.529. The number of rotatable bonds is 7. The van der Waals surface area contributed by atoms with E-state index in [9.17, 15) is 9.59 Å². The lowest BCUT2D eigenvalue weighted by Crippen LogP contribution is -2.27. The van der Waals surface area contributed by atoms with E-state index in [4.69, 9.17) is 0 Å². The zero-order chi connectivity index (χ0) is 15.1. The van der Waals surface area contributed by atoms with Crippen molar-refractivity contribution in [1.82, 2.24) is 5.32 Å². The van der Waals surface area contributed by atoms with Crippen molar-refractivity contribution in [3.8, 4) is 0 Å². The number of carbonyl (C=O) groups is 2. The normalized spacial score (nSPS) is 10.9. The maximum Gasteiger partial charge on any atom is 0.251 e. The van der Waals surface area contributed by atoms with Crippen molar-refractivity contribution < 1.29 is 9.59 Å². The van der Waals surface area contributed by atoms with Crippen LogP contribution in [0.5, 0.6) is 0 Å². The third-order valence-corrected chi connectivity index (χ3v) is 3.13. The lowest BCUT2D eigenvalue weighted by molar-refractivity contribution is -0.121. The molecule has 0 bridgehead atoms. The predicted octanol–water partition coefficient (Wildman–Crippen LogP) is 3.23. The zero-order valence-corrected chi connectivity index (χ0v) is 12.9. The average molecular weight is 275 g/mol. The van der Waals surface area contributed by atoms with E-state index >= 15 is 0 Å². The summed E-state index contributed by atoms with van der Waals surface area (Å²) in [5.74, 6) is 0.671. The number of benzene rings is 1. The standard InChI is InChI=1S/C17H25NO2/c1-12(2)10-14-6-5-7-15(11-14)17(20)18-9-8-16(19)13(3)4/h5-7,11-13H,8-10H2,1-4H3,(H,18,20). The molecule has 0 saturated carbocycles. The van der Waals surface area contributed by atoms with E-state index in [1.807, 2.05) is 38.1 Å². The number of amides is 1. The molecule has 0 saturated heterocycles. The third kappa shape index (κ3) is 5.55. The molecule has 20 heavy (non-hydrogen) atoms. The number of hydrogen-bond donors (Lipinski definition) is 1. The smallest absolute Gasteiger partial charge is 0.251 e. The zero-order valence-electron chi connectivity index (χ0n) is 12.9. The summed E-state index contributed by atoms with van der Waals surface area (Å²) in [6.07, 6.45) is 1.36. The summed E-state index contributed by atoms with van der Waals surface area (Å²) in [7, 11) is 0. The summed E-state index contributed by atoms with van der Waals surface area (Å²) in [5.41, 5.74) is 1.84. The van der Waals surface area contributed by atoms with Crippen LogP contribution in [0.4, 0.5) is 0 Å². The van der Waals surface area contributed by atoms with E-state index in [1.165, 1.54) is 5.56 Å². The number of ketones is 1. The van der Waals surface area contributed by atoms with Gasteiger partial charge in [-0.05, 0) is 30.0 Å². The lowest BCUT2D eigenvalue weighted by Gasteiger charge is -2.09. The molecule has 1 N–H and O–H groups in total. The molecule has 1 aromatic carbocycles. The summed E-state index contributed by atoms with van der Waals surface area (Å²) >= 11 is 0. The van der Waals surface area contributed by atoms with Crippen LogP contribution in [0.3, 0.4) is 0 Å². The van der Waals surface area contributed by atoms with Gasteiger partial charge in [-0.3, -0.25) is 9.59 Å². The van der Waals surface area contributed by atoms with Crippen molar-refractivity contribution in [2.75, 3.05) is 6.54 Å². The molecule has 3 nitrogen and oxygen atoms in total. The van der Waals surface area contributed by atoms with Gasteiger partial charge in [0.1, 0.15) is 5.78 Å². The Balaban J connectivity index is 2.53. The first-order valence-corrected chi connectivity index (χ1v) is 7.30. The maximum atomic E-state index is 12.0. The number of hydrogen-bond acceptors (Lipinski definition) is 2. The summed E-state index contributed by atoms with van der Waals surface area (Å²) in [4.78, 5) is 23.5. The van der Waals surface area contributed by atoms with Gasteiger partial charge in [0, 0.05) is 24.4 Å². The highest BCUT2D eigenvalue weighted by atomic mass is 16.1. The summed E-state index contributed by atoms with van der Waals surface area (Å²) in [6, 6.07) is 7.69. The molecule has 1 rings (SSSR count). The van der Waals surface area contributed by atoms with Gasteiger partial charge in [-0.2, -0.15) is 0 Å². The first kappa shape index (κ1) is 16.4. The Hall–Kier alpha value is -1.64. The van der Waals surface area contributed by atoms with Crippen LogP contribution in [0.1, 0.15) is 50.0 Å². The molecular formula is C17H25NO2. The minimum atomic E-state index is -0.104. The van der Waals surface area contributed by atoms with Gasteiger partial charge in [0.2, 0.25) is 0 Å². The Morgan fingerprint density at radius 2 is 1.85 bits per heavy atom. The second kappa shape index (κ2) is 7.83. The molecule has 0 aromatic heterocycles. The van der Waals surface area contributed by atoms with Crippen LogP contribution < -0.4 is 5.32 Å². The van der Waals surface area contributed by atoms with Crippen LogP contribution >= 0.6 is 0 Å². The molecule has 0 aliphatic rings. The minimum absolute atomic E-state index is 0.0290. The van der Waals surface area contributed by atoms with Gasteiger partial charge in [-0.25, -0.2) is 0 Å². The van der Waals surface area contributed by atoms with Crippen molar-refractivity contribution in [2.45, 2.75) is 40.5 Å². The second-order valence-electron chi connectivity index (χ2n) is 5.93. The fourth-order valence-electron chi connectivity index (χ4n) is 2.00. The summed E-state index contributed by atoms with van der Waals surface area (Å²) in [6.45, 7) is 8.47. The Kier molecular flexibility index (Phi) is 6.43. The monoisotopic (exact) mass is 275 g/mol. The Bertz CT molecular complexity index is 464. The van der Waals surface area contributed by atoms with Gasteiger partial charge >= 0.3 is 0 Å². The van der Waals surface area contributed by atoms with E-state index in [0.717, 1.165) is 6.42 Å². The van der Waals surface area contributed by atoms with Crippen molar-refractivity contribution in [2.24, 2.45) is 11.8 Å². The van der Waals surface area contributed by atoms with Crippen LogP contribution in [-0.4, -0.2) is 18.2 Å². The highest BCUT2D eigenvalue weighted by Crippen LogP contribution is 2.10. The van der Waals surface area contributed by atoms with E-state index < -0.39 is 0 Å². The fourth-order valence-corrected chi connectivity index (χ4v) is 2.00. The van der Waals surface area contributed by atoms with Gasteiger partial charge < -0.3 is 5.32 Å². The molecule has 0 atom stereocenters. The molecule has 3 heteroatoms. The molecule has 0 unspecified atom stereocenters. The summed E-state index contributed by atoms with van der Waals surface area (Å²) < 4.78 is 0. The van der Waals surface area contributed by atoms with Crippen LogP contribution in [-0.2, 0) is 11.2 Å². The summed E-state index contributed by atoms with van der Waals surface area (Å²) in [5, 5.41) is 2.81. The third-order valence-electron chi connectivity index (χ3n) is 3.13. The number of Topliss-reactive ketones (excluding diaryl/α,β-unsaturated/α-hetero) is 1. The highest BCUT2D eigenvalue weighted by molar-refractivity contribution is 5.94. The van der Waals surface area contributed by atoms with Gasteiger partial charge in [-0.15, -0.1) is 0 Å². The number of nitrogens with one attached hydrogen (secondary N) is 1. The molecule has 0 radical (unpaired) electrons. The van der Waals surface area contributed by atoms with Crippen molar-refractivity contribution in [1.29, 1.82) is 0 Å². The maximum absolute atomic E-state index is 12.0. The first-order chi connectivity index (χ1) is 9.40. The first-order valence-electron chi connectivity index (χ1n) is 7.30. The van der Waals surface area contributed by atoms with Gasteiger partial charge in [0.05, 0.1) is 0 Å². The molecular weight excluding hydrogens is 250 g/mol. The lowest BCUT2D eigenvalue weighted by atomic mass is 10.0. The van der Waals surface area contributed by atoms with E-state index in [1.54, 1.807) is 0 Å². The van der Waals surface area contributed by atoms with Crippen LogP contribution in [0, 0.1) is 11.8 Å². The minimum Gasteiger partial charge on any atom is -0.352 e.